The van der Waals surface area contributed by atoms with E-state index in [1.165, 1.54) is 139 Å². The van der Waals surface area contributed by atoms with Crippen molar-refractivity contribution < 1.29 is 22.3 Å². The molecule has 0 N–H and O–H groups in total. The molecule has 0 heterocycles. The quantitative estimate of drug-likeness (QED) is 0.0779. The molecule has 8 heteroatoms. The van der Waals surface area contributed by atoms with E-state index in [9.17, 15) is 17.6 Å². The van der Waals surface area contributed by atoms with E-state index in [-0.39, 0.29) is 0 Å². The second-order valence-electron chi connectivity index (χ2n) is 23.5. The molecule has 88 heavy (non-hydrogen) atoms. The first kappa shape index (κ1) is 63.7. The second kappa shape index (κ2) is 30.7. The molecule has 0 aromatic heterocycles. The fraction of sp³-hybridized carbons (Fsp3) is 0.212. The van der Waals surface area contributed by atoms with Gasteiger partial charge in [0.15, 0.2) is 0 Å². The first-order chi connectivity index (χ1) is 43.0. The first-order valence-corrected chi connectivity index (χ1v) is 37.5. The molecule has 1 nitrogen and oxygen atoms in total. The number of benzene rings is 10. The Labute approximate surface area is 528 Å². The summed E-state index contributed by atoms with van der Waals surface area (Å²) in [6.45, 7) is -1.73. The summed E-state index contributed by atoms with van der Waals surface area (Å²) in [5.74, 6) is 3.44. The van der Waals surface area contributed by atoms with Crippen molar-refractivity contribution in [1.82, 2.24) is 0 Å². The van der Waals surface area contributed by atoms with Crippen molar-refractivity contribution in [3.05, 3.63) is 302 Å². The van der Waals surface area contributed by atoms with Crippen LogP contribution >= 0.6 is 27.7 Å². The van der Waals surface area contributed by atoms with Crippen molar-refractivity contribution in [3.8, 4) is 28.0 Å². The van der Waals surface area contributed by atoms with E-state index in [1.54, 1.807) is 31.4 Å². The van der Waals surface area contributed by atoms with E-state index < -0.39 is 35.5 Å². The molecule has 0 spiro atoms. The van der Waals surface area contributed by atoms with Gasteiger partial charge in [-0.15, -0.1) is 0 Å². The van der Waals surface area contributed by atoms with E-state index in [0.29, 0.717) is 22.8 Å². The van der Waals surface area contributed by atoms with Gasteiger partial charge in [0.2, 0.25) is 0 Å². The molecule has 0 amide bonds. The Morgan fingerprint density at radius 3 is 1.09 bits per heavy atom. The summed E-state index contributed by atoms with van der Waals surface area (Å²) in [7, 11) is 1.57. The summed E-state index contributed by atoms with van der Waals surface area (Å²) in [4.78, 5) is 0. The molecule has 3 saturated carbocycles. The molecule has 3 fully saturated rings. The van der Waals surface area contributed by atoms with Gasteiger partial charge in [0.25, 0.3) is 0 Å². The molecule has 10 aromatic rings. The summed E-state index contributed by atoms with van der Waals surface area (Å²) in [5, 5.41) is 6.07. The van der Waals surface area contributed by atoms with Gasteiger partial charge in [-0.25, -0.2) is 17.6 Å². The number of hydrogen-bond acceptors (Lipinski definition) is 1. The van der Waals surface area contributed by atoms with Crippen molar-refractivity contribution in [1.29, 1.82) is 0 Å². The maximum absolute atomic E-state index is 13.2. The third-order valence-electron chi connectivity index (χ3n) is 17.6. The summed E-state index contributed by atoms with van der Waals surface area (Å²) in [5.41, 5.74) is 3.78. The van der Waals surface area contributed by atoms with Crippen LogP contribution in [0.25, 0.3) is 28.3 Å². The average Bonchev–Trinajstić information content (AvgIpc) is 0.832. The monoisotopic (exact) mass is 1270 g/mol. The van der Waals surface area contributed by atoms with Gasteiger partial charge in [0, 0.05) is 12.1 Å². The van der Waals surface area contributed by atoms with E-state index in [2.05, 4.69) is 215 Å². The minimum absolute atomic E-state index is 0.514. The van der Waals surface area contributed by atoms with Crippen LogP contribution in [-0.4, -0.2) is 19.1 Å². The summed E-state index contributed by atoms with van der Waals surface area (Å²) < 4.78 is 57.5. The van der Waals surface area contributed by atoms with Gasteiger partial charge in [-0.2, -0.15) is 0 Å². The number of allylic oxidation sites excluding steroid dienone is 1. The molecule has 0 atom stereocenters. The summed E-state index contributed by atoms with van der Waals surface area (Å²) >= 11 is 4.56. The Hall–Kier alpha value is -7.33. The Balaban J connectivity index is 0.000000132. The van der Waals surface area contributed by atoms with Gasteiger partial charge in [0.05, 0.1) is 7.11 Å². The van der Waals surface area contributed by atoms with Crippen LogP contribution in [0.1, 0.15) is 82.6 Å². The van der Waals surface area contributed by atoms with E-state index in [4.69, 9.17) is 4.74 Å². The van der Waals surface area contributed by atoms with Crippen LogP contribution in [0.4, 0.5) is 17.6 Å². The third-order valence-corrected chi connectivity index (χ3v) is 31.7. The summed E-state index contributed by atoms with van der Waals surface area (Å²) in [6.07, 6.45) is 21.8. The Kier molecular flexibility index (Phi) is 22.2. The van der Waals surface area contributed by atoms with Gasteiger partial charge in [0.1, 0.15) is 29.0 Å². The van der Waals surface area contributed by atoms with Gasteiger partial charge in [-0.3, -0.25) is 0 Å². The molecular weight excluding hydrogens is 1190 g/mol. The van der Waals surface area contributed by atoms with E-state index in [0.717, 1.165) is 40.7 Å². The fourth-order valence-corrected chi connectivity index (χ4v) is 26.1. The molecule has 0 bridgehead atoms. The zero-order valence-electron chi connectivity index (χ0n) is 50.3. The first-order valence-electron chi connectivity index (χ1n) is 31.2. The minimum atomic E-state index is -2.69. The number of hydrogen-bond donors (Lipinski definition) is 0. The Bertz CT molecular complexity index is 3590. The standard InChI is InChI=1S/C24H26BrP.C24H25P.C19H18F2.C13H10F2O/c25-26(20-21-12-10-11-13-21,22-14-4-1-5-15-22,23-16-6-2-7-17-23)24-18-8-3-9-19-24;1-4-14-22(15-5-1)25(20-21-12-10-11-13-21,23-16-6-2-7-17-23)24-18-8-3-9-19-24;20-18-11-17(12-19(21)13-18)16-9-7-15(8-10-16)6-5-14-3-1-2-4-14;1-16-13-4-2-9(3-5-13)10-6-11(14)8-12(15)7-10/h1-9,14-19,21H,10-13,20H2;1-9,14-21H,10-13H2;5-14H,1-4H2;2-8H,1H3. The van der Waals surface area contributed by atoms with Crippen LogP contribution in [0.3, 0.4) is 0 Å². The topological polar surface area (TPSA) is 9.23 Å². The van der Waals surface area contributed by atoms with E-state index >= 15 is 0 Å². The smallest absolute Gasteiger partial charge is 0.126 e. The molecule has 0 unspecified atom stereocenters. The molecule has 13 rings (SSSR count). The van der Waals surface area contributed by atoms with Crippen LogP contribution in [0.15, 0.2) is 273 Å². The molecule has 0 saturated heterocycles. The Morgan fingerprint density at radius 1 is 0.398 bits per heavy atom. The molecule has 3 aliphatic carbocycles. The molecule has 0 aliphatic heterocycles. The SMILES string of the molecule is BrP(CC1CCCC1)(c1ccccc1)(c1ccccc1)c1ccccc1.C(C1CCCC1)=P(c1ccccc1)(c1ccccc1)c1ccccc1.COc1ccc(-c2cc(F)cc(F)c2)cc1.Fc1cc(F)cc(-c2ccc(C=CC3CCCC3)cc2)c1. The van der Waals surface area contributed by atoms with Crippen molar-refractivity contribution in [2.75, 3.05) is 13.3 Å². The van der Waals surface area contributed by atoms with Crippen LogP contribution in [0.5, 0.6) is 5.75 Å². The second-order valence-corrected chi connectivity index (χ2v) is 35.8. The number of rotatable bonds is 14. The number of halogens is 5. The predicted octanol–water partition coefficient (Wildman–Crippen LogP) is 20.5. The fourth-order valence-electron chi connectivity index (χ4n) is 13.2. The van der Waals surface area contributed by atoms with E-state index in [1.807, 2.05) is 24.3 Å². The largest absolute Gasteiger partial charge is 0.497 e. The van der Waals surface area contributed by atoms with Gasteiger partial charge >= 0.3 is 165 Å². The van der Waals surface area contributed by atoms with Crippen LogP contribution in [0, 0.1) is 41.0 Å². The molecule has 450 valence electrons. The number of methoxy groups -OCH3 is 1. The zero-order chi connectivity index (χ0) is 61.1. The van der Waals surface area contributed by atoms with Crippen LogP contribution < -0.4 is 36.6 Å². The maximum atomic E-state index is 13.2. The number of ether oxygens (including phenoxy) is 1. The van der Waals surface area contributed by atoms with Crippen molar-refractivity contribution in [2.24, 2.45) is 17.8 Å². The minimum Gasteiger partial charge on any atom is -0.497 e. The van der Waals surface area contributed by atoms with Crippen LogP contribution in [0.2, 0.25) is 0 Å². The van der Waals surface area contributed by atoms with Crippen LogP contribution in [-0.2, 0) is 0 Å². The zero-order valence-corrected chi connectivity index (χ0v) is 53.6. The molecule has 10 aromatic carbocycles. The Morgan fingerprint density at radius 2 is 0.727 bits per heavy atom. The maximum Gasteiger partial charge on any atom is 0.126 e. The average molecular weight is 1270 g/mol. The molecular formula is C80H79BrF4OP2. The molecule has 0 radical (unpaired) electrons. The van der Waals surface area contributed by atoms with Crippen molar-refractivity contribution in [2.45, 2.75) is 77.0 Å². The van der Waals surface area contributed by atoms with Gasteiger partial charge in [-0.1, -0.05) is 171 Å². The normalized spacial score (nSPS) is 15.0. The summed E-state index contributed by atoms with van der Waals surface area (Å²) in [6, 6.07) is 88.9. The molecule has 3 aliphatic rings. The van der Waals surface area contributed by atoms with Crippen molar-refractivity contribution in [3.63, 3.8) is 0 Å². The van der Waals surface area contributed by atoms with Crippen molar-refractivity contribution >= 4 is 71.4 Å². The third kappa shape index (κ3) is 15.7. The van der Waals surface area contributed by atoms with Gasteiger partial charge in [-0.05, 0) is 125 Å². The van der Waals surface area contributed by atoms with Gasteiger partial charge < -0.3 is 4.74 Å². The predicted molar refractivity (Wildman–Crippen MR) is 375 cm³/mol.